The molecule has 1 aliphatic rings. The number of rotatable bonds is 2. The molecule has 4 nitrogen and oxygen atoms in total. The van der Waals surface area contributed by atoms with Crippen molar-refractivity contribution in [3.8, 4) is 6.07 Å². The number of morpholine rings is 1. The van der Waals surface area contributed by atoms with E-state index in [-0.39, 0.29) is 12.1 Å². The van der Waals surface area contributed by atoms with Gasteiger partial charge in [0.25, 0.3) is 0 Å². The van der Waals surface area contributed by atoms with Crippen molar-refractivity contribution in [2.45, 2.75) is 39.0 Å². The topological polar surface area (TPSA) is 56.5 Å². The van der Waals surface area contributed by atoms with Crippen molar-refractivity contribution in [2.75, 3.05) is 18.1 Å². The Hall–Kier alpha value is -1.57. The average molecular weight is 260 g/mol. The fraction of sp³-hybridized carbons (Fsp3) is 0.533. The van der Waals surface area contributed by atoms with Crippen LogP contribution >= 0.6 is 0 Å². The molecule has 4 heteroatoms. The second-order valence-electron chi connectivity index (χ2n) is 5.21. The van der Waals surface area contributed by atoms with Gasteiger partial charge < -0.3 is 14.7 Å². The molecule has 1 aromatic carbocycles. The summed E-state index contributed by atoms with van der Waals surface area (Å²) in [6, 6.07) is 7.84. The van der Waals surface area contributed by atoms with E-state index in [1.807, 2.05) is 19.1 Å². The van der Waals surface area contributed by atoms with E-state index in [4.69, 9.17) is 10.00 Å². The molecule has 0 aliphatic carbocycles. The molecular weight excluding hydrogens is 240 g/mol. The maximum Gasteiger partial charge on any atom is 0.0992 e. The Morgan fingerprint density at radius 1 is 1.47 bits per heavy atom. The van der Waals surface area contributed by atoms with E-state index < -0.39 is 6.10 Å². The van der Waals surface area contributed by atoms with Crippen molar-refractivity contribution in [2.24, 2.45) is 0 Å². The molecule has 1 saturated heterocycles. The van der Waals surface area contributed by atoms with Crippen LogP contribution in [-0.4, -0.2) is 30.4 Å². The van der Waals surface area contributed by atoms with Crippen molar-refractivity contribution < 1.29 is 9.84 Å². The van der Waals surface area contributed by atoms with Gasteiger partial charge in [-0.25, -0.2) is 0 Å². The van der Waals surface area contributed by atoms with Crippen LogP contribution in [0.15, 0.2) is 18.2 Å². The third kappa shape index (κ3) is 2.89. The number of ether oxygens (including phenoxy) is 1. The molecule has 3 atom stereocenters. The van der Waals surface area contributed by atoms with Crippen LogP contribution in [0.3, 0.4) is 0 Å². The largest absolute Gasteiger partial charge is 0.389 e. The van der Waals surface area contributed by atoms with Gasteiger partial charge in [0.15, 0.2) is 0 Å². The van der Waals surface area contributed by atoms with Crippen LogP contribution in [0, 0.1) is 11.3 Å². The van der Waals surface area contributed by atoms with E-state index in [1.165, 1.54) is 0 Å². The minimum atomic E-state index is -0.548. The molecule has 0 amide bonds. The Labute approximate surface area is 114 Å². The second kappa shape index (κ2) is 5.60. The molecule has 0 radical (unpaired) electrons. The lowest BCUT2D eigenvalue weighted by Gasteiger charge is -2.39. The number of nitrogens with zero attached hydrogens (tertiary/aromatic N) is 2. The van der Waals surface area contributed by atoms with E-state index >= 15 is 0 Å². The Bertz CT molecular complexity index is 493. The quantitative estimate of drug-likeness (QED) is 0.886. The first kappa shape index (κ1) is 13.9. The van der Waals surface area contributed by atoms with Crippen LogP contribution < -0.4 is 4.90 Å². The maximum atomic E-state index is 9.91. The second-order valence-corrected chi connectivity index (χ2v) is 5.21. The van der Waals surface area contributed by atoms with Crippen LogP contribution in [0.25, 0.3) is 0 Å². The average Bonchev–Trinajstić information content (AvgIpc) is 2.40. The van der Waals surface area contributed by atoms with Crippen molar-refractivity contribution >= 4 is 5.69 Å². The van der Waals surface area contributed by atoms with Crippen LogP contribution in [0.5, 0.6) is 0 Å². The van der Waals surface area contributed by atoms with Crippen LogP contribution in [0.4, 0.5) is 5.69 Å². The first-order chi connectivity index (χ1) is 9.02. The number of aliphatic hydroxyl groups excluding tert-OH is 1. The number of hydrogen-bond acceptors (Lipinski definition) is 4. The van der Waals surface area contributed by atoms with E-state index in [9.17, 15) is 5.11 Å². The van der Waals surface area contributed by atoms with Gasteiger partial charge in [-0.2, -0.15) is 5.26 Å². The lowest BCUT2D eigenvalue weighted by Crippen LogP contribution is -2.47. The molecule has 2 unspecified atom stereocenters. The van der Waals surface area contributed by atoms with Crippen molar-refractivity contribution in [1.29, 1.82) is 5.26 Å². The summed E-state index contributed by atoms with van der Waals surface area (Å²) in [6.45, 7) is 7.32. The maximum absolute atomic E-state index is 9.91. The van der Waals surface area contributed by atoms with Crippen LogP contribution in [0.1, 0.15) is 38.0 Å². The summed E-state index contributed by atoms with van der Waals surface area (Å²) in [6.07, 6.45) is -0.392. The highest BCUT2D eigenvalue weighted by Gasteiger charge is 2.26. The molecule has 1 aromatic rings. The zero-order chi connectivity index (χ0) is 14.0. The van der Waals surface area contributed by atoms with Crippen molar-refractivity contribution in [3.05, 3.63) is 29.3 Å². The number of hydrogen-bond donors (Lipinski definition) is 1. The van der Waals surface area contributed by atoms with Gasteiger partial charge in [0.05, 0.1) is 30.4 Å². The smallest absolute Gasteiger partial charge is 0.0992 e. The Balaban J connectivity index is 2.43. The van der Waals surface area contributed by atoms with Gasteiger partial charge in [-0.1, -0.05) is 6.07 Å². The zero-order valence-electron chi connectivity index (χ0n) is 11.6. The Morgan fingerprint density at radius 2 is 2.21 bits per heavy atom. The normalized spacial score (nSPS) is 24.9. The molecular formula is C15H20N2O2. The minimum absolute atomic E-state index is 0.156. The van der Waals surface area contributed by atoms with Gasteiger partial charge in [0, 0.05) is 23.8 Å². The minimum Gasteiger partial charge on any atom is -0.389 e. The van der Waals surface area contributed by atoms with Gasteiger partial charge >= 0.3 is 0 Å². The zero-order valence-corrected chi connectivity index (χ0v) is 11.6. The van der Waals surface area contributed by atoms with Crippen molar-refractivity contribution in [1.82, 2.24) is 0 Å². The first-order valence-corrected chi connectivity index (χ1v) is 6.63. The first-order valence-electron chi connectivity index (χ1n) is 6.63. The predicted octanol–water partition coefficient (Wildman–Crippen LogP) is 2.23. The summed E-state index contributed by atoms with van der Waals surface area (Å²) in [5.74, 6) is 0. The van der Waals surface area contributed by atoms with Gasteiger partial charge in [-0.05, 0) is 32.9 Å². The van der Waals surface area contributed by atoms with Gasteiger partial charge in [0.1, 0.15) is 0 Å². The lowest BCUT2D eigenvalue weighted by molar-refractivity contribution is 0.0341. The fourth-order valence-corrected chi connectivity index (χ4v) is 2.45. The molecule has 1 aliphatic heterocycles. The third-order valence-electron chi connectivity index (χ3n) is 3.53. The molecule has 2 rings (SSSR count). The van der Waals surface area contributed by atoms with Crippen LogP contribution in [-0.2, 0) is 4.74 Å². The van der Waals surface area contributed by atoms with Gasteiger partial charge in [0.2, 0.25) is 0 Å². The van der Waals surface area contributed by atoms with Crippen LogP contribution in [0.2, 0.25) is 0 Å². The summed E-state index contributed by atoms with van der Waals surface area (Å²) >= 11 is 0. The molecule has 19 heavy (non-hydrogen) atoms. The van der Waals surface area contributed by atoms with Crippen molar-refractivity contribution in [3.63, 3.8) is 0 Å². The third-order valence-corrected chi connectivity index (χ3v) is 3.53. The molecule has 102 valence electrons. The number of benzene rings is 1. The fourth-order valence-electron chi connectivity index (χ4n) is 2.45. The molecule has 1 heterocycles. The van der Waals surface area contributed by atoms with Gasteiger partial charge in [-0.3, -0.25) is 0 Å². The van der Waals surface area contributed by atoms with E-state index in [0.717, 1.165) is 17.8 Å². The Morgan fingerprint density at radius 3 is 2.84 bits per heavy atom. The molecule has 1 fully saturated rings. The summed E-state index contributed by atoms with van der Waals surface area (Å²) in [4.78, 5) is 2.22. The highest BCUT2D eigenvalue weighted by molar-refractivity contribution is 5.59. The molecule has 0 bridgehead atoms. The number of nitriles is 1. The monoisotopic (exact) mass is 260 g/mol. The predicted molar refractivity (Wildman–Crippen MR) is 74.0 cm³/mol. The Kier molecular flexibility index (Phi) is 4.08. The highest BCUT2D eigenvalue weighted by atomic mass is 16.5. The lowest BCUT2D eigenvalue weighted by atomic mass is 10.0. The summed E-state index contributed by atoms with van der Waals surface area (Å²) in [5, 5.41) is 19.0. The number of aliphatic hydroxyl groups is 1. The van der Waals surface area contributed by atoms with E-state index in [2.05, 4.69) is 17.9 Å². The summed E-state index contributed by atoms with van der Waals surface area (Å²) in [7, 11) is 0. The SMILES string of the molecule is CC1CN(c2cc(C#N)ccc2[C@@H](C)O)C(C)CO1. The molecule has 0 aromatic heterocycles. The molecule has 0 spiro atoms. The summed E-state index contributed by atoms with van der Waals surface area (Å²) in [5.41, 5.74) is 2.42. The number of anilines is 1. The van der Waals surface area contributed by atoms with E-state index in [0.29, 0.717) is 12.2 Å². The standard InChI is InChI=1S/C15H20N2O2/c1-10-9-19-11(2)8-17(10)15-6-13(7-16)4-5-14(15)12(3)18/h4-6,10-12,18H,8-9H2,1-3H3/t10?,11?,12-/m1/s1. The molecule has 0 saturated carbocycles. The summed E-state index contributed by atoms with van der Waals surface area (Å²) < 4.78 is 5.63. The highest BCUT2D eigenvalue weighted by Crippen LogP contribution is 2.30. The van der Waals surface area contributed by atoms with Gasteiger partial charge in [-0.15, -0.1) is 0 Å². The van der Waals surface area contributed by atoms with E-state index in [1.54, 1.807) is 13.0 Å². The molecule has 1 N–H and O–H groups in total.